The van der Waals surface area contributed by atoms with Gasteiger partial charge in [0.1, 0.15) is 12.4 Å². The van der Waals surface area contributed by atoms with Crippen LogP contribution in [0.1, 0.15) is 18.5 Å². The van der Waals surface area contributed by atoms with Crippen molar-refractivity contribution < 1.29 is 4.74 Å². The van der Waals surface area contributed by atoms with Gasteiger partial charge in [0.15, 0.2) is 0 Å². The van der Waals surface area contributed by atoms with E-state index >= 15 is 0 Å². The molecule has 1 heterocycles. The zero-order valence-corrected chi connectivity index (χ0v) is 11.1. The number of terminal acetylenes is 1. The van der Waals surface area contributed by atoms with Crippen molar-refractivity contribution in [3.05, 3.63) is 42.2 Å². The van der Waals surface area contributed by atoms with Crippen LogP contribution >= 0.6 is 0 Å². The molecule has 0 radical (unpaired) electrons. The Morgan fingerprint density at radius 1 is 1.42 bits per heavy atom. The summed E-state index contributed by atoms with van der Waals surface area (Å²) in [5.74, 6) is 3.23. The first-order valence-electron chi connectivity index (χ1n) is 6.10. The Bertz CT molecular complexity index is 566. The van der Waals surface area contributed by atoms with Gasteiger partial charge in [0.2, 0.25) is 0 Å². The van der Waals surface area contributed by atoms with Crippen LogP contribution in [-0.4, -0.2) is 16.4 Å². The van der Waals surface area contributed by atoms with E-state index in [9.17, 15) is 0 Å². The molecule has 1 aromatic carbocycles. The first-order valence-corrected chi connectivity index (χ1v) is 6.10. The minimum atomic E-state index is 0.200. The third kappa shape index (κ3) is 3.52. The summed E-state index contributed by atoms with van der Waals surface area (Å²) in [4.78, 5) is 0. The number of aryl methyl sites for hydroxylation is 1. The van der Waals surface area contributed by atoms with Gasteiger partial charge < -0.3 is 10.1 Å². The molecule has 0 amide bonds. The number of hydrogen-bond donors (Lipinski definition) is 1. The van der Waals surface area contributed by atoms with Crippen molar-refractivity contribution in [2.75, 3.05) is 11.9 Å². The monoisotopic (exact) mass is 255 g/mol. The molecule has 1 N–H and O–H groups in total. The topological polar surface area (TPSA) is 39.1 Å². The molecule has 0 aliphatic carbocycles. The van der Waals surface area contributed by atoms with E-state index in [0.717, 1.165) is 11.4 Å². The second-order valence-electron chi connectivity index (χ2n) is 4.33. The highest BCUT2D eigenvalue weighted by molar-refractivity contribution is 5.42. The van der Waals surface area contributed by atoms with Gasteiger partial charge in [0.05, 0.1) is 11.9 Å². The van der Waals surface area contributed by atoms with Crippen LogP contribution in [0.15, 0.2) is 36.7 Å². The smallest absolute Gasteiger partial charge is 0.148 e. The number of nitrogens with one attached hydrogen (secondary N) is 1. The minimum absolute atomic E-state index is 0.200. The first-order chi connectivity index (χ1) is 9.19. The van der Waals surface area contributed by atoms with Gasteiger partial charge in [-0.2, -0.15) is 5.10 Å². The molecule has 0 saturated heterocycles. The maximum atomic E-state index is 5.34. The van der Waals surface area contributed by atoms with Crippen LogP contribution in [0.3, 0.4) is 0 Å². The Hall–Kier alpha value is -2.41. The maximum Gasteiger partial charge on any atom is 0.148 e. The molecular formula is C15H17N3O. The van der Waals surface area contributed by atoms with Crippen molar-refractivity contribution in [2.45, 2.75) is 13.0 Å². The highest BCUT2D eigenvalue weighted by Crippen LogP contribution is 2.21. The van der Waals surface area contributed by atoms with Crippen molar-refractivity contribution in [1.82, 2.24) is 9.78 Å². The molecule has 0 spiro atoms. The molecule has 98 valence electrons. The van der Waals surface area contributed by atoms with E-state index in [2.05, 4.69) is 23.3 Å². The summed E-state index contributed by atoms with van der Waals surface area (Å²) < 4.78 is 7.11. The van der Waals surface area contributed by atoms with Crippen LogP contribution in [0.2, 0.25) is 0 Å². The van der Waals surface area contributed by atoms with Gasteiger partial charge in [0, 0.05) is 19.3 Å². The quantitative estimate of drug-likeness (QED) is 0.835. The number of anilines is 1. The van der Waals surface area contributed by atoms with E-state index in [0.29, 0.717) is 6.61 Å². The lowest BCUT2D eigenvalue weighted by Crippen LogP contribution is -2.06. The largest absolute Gasteiger partial charge is 0.481 e. The van der Waals surface area contributed by atoms with Gasteiger partial charge in [-0.1, -0.05) is 18.1 Å². The Labute approximate surface area is 113 Å². The molecular weight excluding hydrogens is 238 g/mol. The fourth-order valence-electron chi connectivity index (χ4n) is 1.81. The fraction of sp³-hybridized carbons (Fsp3) is 0.267. The van der Waals surface area contributed by atoms with E-state index in [1.807, 2.05) is 37.5 Å². The summed E-state index contributed by atoms with van der Waals surface area (Å²) >= 11 is 0. The molecule has 0 unspecified atom stereocenters. The molecule has 2 aromatic rings. The predicted molar refractivity (Wildman–Crippen MR) is 76.0 cm³/mol. The Balaban J connectivity index is 1.99. The summed E-state index contributed by atoms with van der Waals surface area (Å²) in [6, 6.07) is 8.10. The fourth-order valence-corrected chi connectivity index (χ4v) is 1.81. The number of rotatable bonds is 5. The lowest BCUT2D eigenvalue weighted by molar-refractivity contribution is 0.370. The Kier molecular flexibility index (Phi) is 4.09. The van der Waals surface area contributed by atoms with Crippen LogP contribution < -0.4 is 10.1 Å². The maximum absolute atomic E-state index is 5.34. The van der Waals surface area contributed by atoms with Crippen molar-refractivity contribution in [3.8, 4) is 18.1 Å². The van der Waals surface area contributed by atoms with Crippen molar-refractivity contribution in [1.29, 1.82) is 0 Å². The lowest BCUT2D eigenvalue weighted by Gasteiger charge is -2.14. The predicted octanol–water partition coefficient (Wildman–Crippen LogP) is 2.61. The molecule has 2 rings (SSSR count). The standard InChI is InChI=1S/C15H17N3O/c1-4-9-19-15-7-5-13(6-8-15)12(2)17-14-10-16-18(3)11-14/h1,5-8,10-12,17H,9H2,2-3H3/t12-/m0/s1. The van der Waals surface area contributed by atoms with Gasteiger partial charge in [0.25, 0.3) is 0 Å². The Morgan fingerprint density at radius 2 is 2.16 bits per heavy atom. The Morgan fingerprint density at radius 3 is 2.74 bits per heavy atom. The molecule has 0 aliphatic rings. The molecule has 4 nitrogen and oxygen atoms in total. The molecule has 0 saturated carbocycles. The summed E-state index contributed by atoms with van der Waals surface area (Å²) in [7, 11) is 1.90. The second kappa shape index (κ2) is 5.96. The number of ether oxygens (including phenoxy) is 1. The second-order valence-corrected chi connectivity index (χ2v) is 4.33. The van der Waals surface area contributed by atoms with E-state index in [1.165, 1.54) is 5.56 Å². The normalized spacial score (nSPS) is 11.6. The highest BCUT2D eigenvalue weighted by Gasteiger charge is 2.06. The molecule has 1 atom stereocenters. The van der Waals surface area contributed by atoms with E-state index in [1.54, 1.807) is 10.9 Å². The first kappa shape index (κ1) is 13.0. The minimum Gasteiger partial charge on any atom is -0.481 e. The van der Waals surface area contributed by atoms with Gasteiger partial charge >= 0.3 is 0 Å². The molecule has 0 fully saturated rings. The van der Waals surface area contributed by atoms with Gasteiger partial charge in [-0.25, -0.2) is 0 Å². The third-order valence-electron chi connectivity index (χ3n) is 2.79. The van der Waals surface area contributed by atoms with Crippen LogP contribution in [-0.2, 0) is 7.05 Å². The van der Waals surface area contributed by atoms with E-state index < -0.39 is 0 Å². The van der Waals surface area contributed by atoms with Crippen molar-refractivity contribution in [3.63, 3.8) is 0 Å². The summed E-state index contributed by atoms with van der Waals surface area (Å²) in [5, 5.41) is 7.51. The third-order valence-corrected chi connectivity index (χ3v) is 2.79. The number of benzene rings is 1. The van der Waals surface area contributed by atoms with E-state index in [4.69, 9.17) is 11.2 Å². The van der Waals surface area contributed by atoms with Gasteiger partial charge in [-0.15, -0.1) is 6.42 Å². The molecule has 0 aliphatic heterocycles. The zero-order valence-electron chi connectivity index (χ0n) is 11.1. The molecule has 19 heavy (non-hydrogen) atoms. The molecule has 0 bridgehead atoms. The van der Waals surface area contributed by atoms with Crippen LogP contribution in [0.4, 0.5) is 5.69 Å². The zero-order chi connectivity index (χ0) is 13.7. The molecule has 4 heteroatoms. The van der Waals surface area contributed by atoms with Crippen molar-refractivity contribution >= 4 is 5.69 Å². The number of nitrogens with zero attached hydrogens (tertiary/aromatic N) is 2. The average molecular weight is 255 g/mol. The molecule has 1 aromatic heterocycles. The number of aromatic nitrogens is 2. The van der Waals surface area contributed by atoms with E-state index in [-0.39, 0.29) is 6.04 Å². The summed E-state index contributed by atoms with van der Waals surface area (Å²) in [6.45, 7) is 2.40. The van der Waals surface area contributed by atoms with Gasteiger partial charge in [-0.05, 0) is 24.6 Å². The average Bonchev–Trinajstić information content (AvgIpc) is 2.82. The highest BCUT2D eigenvalue weighted by atomic mass is 16.5. The van der Waals surface area contributed by atoms with Crippen molar-refractivity contribution in [2.24, 2.45) is 7.05 Å². The van der Waals surface area contributed by atoms with Crippen LogP contribution in [0, 0.1) is 12.3 Å². The SMILES string of the molecule is C#CCOc1ccc([C@H](C)Nc2cnn(C)c2)cc1. The summed E-state index contributed by atoms with van der Waals surface area (Å²) in [5.41, 5.74) is 2.18. The number of hydrogen-bond acceptors (Lipinski definition) is 3. The van der Waals surface area contributed by atoms with Crippen LogP contribution in [0.5, 0.6) is 5.75 Å². The van der Waals surface area contributed by atoms with Gasteiger partial charge in [-0.3, -0.25) is 4.68 Å². The van der Waals surface area contributed by atoms with Crippen LogP contribution in [0.25, 0.3) is 0 Å². The lowest BCUT2D eigenvalue weighted by atomic mass is 10.1. The summed E-state index contributed by atoms with van der Waals surface area (Å²) in [6.07, 6.45) is 8.90.